The van der Waals surface area contributed by atoms with Gasteiger partial charge in [0.25, 0.3) is 0 Å². The minimum atomic E-state index is 0.192. The highest BCUT2D eigenvalue weighted by atomic mass is 16.5. The molecule has 1 fully saturated rings. The zero-order valence-corrected chi connectivity index (χ0v) is 9.44. The monoisotopic (exact) mass is 209 g/mol. The van der Waals surface area contributed by atoms with Gasteiger partial charge in [-0.2, -0.15) is 0 Å². The Labute approximate surface area is 90.6 Å². The first kappa shape index (κ1) is 10.5. The number of aromatic nitrogens is 2. The van der Waals surface area contributed by atoms with E-state index in [1.165, 1.54) is 12.8 Å². The number of nitrogens with one attached hydrogen (secondary N) is 1. The van der Waals surface area contributed by atoms with Crippen LogP contribution in [-0.4, -0.2) is 29.0 Å². The normalized spacial score (nSPS) is 21.9. The van der Waals surface area contributed by atoms with Crippen LogP contribution in [0.15, 0.2) is 12.3 Å². The minimum absolute atomic E-state index is 0.192. The fraction of sp³-hybridized carbons (Fsp3) is 0.727. The Morgan fingerprint density at radius 3 is 3.13 bits per heavy atom. The van der Waals surface area contributed by atoms with Gasteiger partial charge in [-0.15, -0.1) is 5.10 Å². The Balaban J connectivity index is 1.99. The SMILES string of the molecule is CC(C)Oc1ccn([C@@H]2CCCNC2)n1. The molecule has 0 bridgehead atoms. The third-order valence-corrected chi connectivity index (χ3v) is 2.59. The molecular weight excluding hydrogens is 190 g/mol. The topological polar surface area (TPSA) is 39.1 Å². The van der Waals surface area contributed by atoms with Gasteiger partial charge in [-0.3, -0.25) is 4.68 Å². The van der Waals surface area contributed by atoms with Crippen LogP contribution in [-0.2, 0) is 0 Å². The number of piperidine rings is 1. The molecule has 0 spiro atoms. The van der Waals surface area contributed by atoms with Crippen LogP contribution < -0.4 is 10.1 Å². The van der Waals surface area contributed by atoms with Crippen molar-refractivity contribution in [3.63, 3.8) is 0 Å². The third kappa shape index (κ3) is 2.72. The van der Waals surface area contributed by atoms with Crippen molar-refractivity contribution in [3.05, 3.63) is 12.3 Å². The summed E-state index contributed by atoms with van der Waals surface area (Å²) in [7, 11) is 0. The summed E-state index contributed by atoms with van der Waals surface area (Å²) in [4.78, 5) is 0. The van der Waals surface area contributed by atoms with Gasteiger partial charge in [-0.1, -0.05) is 0 Å². The smallest absolute Gasteiger partial charge is 0.232 e. The van der Waals surface area contributed by atoms with Crippen LogP contribution in [0.5, 0.6) is 5.88 Å². The highest BCUT2D eigenvalue weighted by molar-refractivity contribution is 5.07. The molecule has 0 aliphatic carbocycles. The lowest BCUT2D eigenvalue weighted by Crippen LogP contribution is -2.31. The molecule has 1 aliphatic rings. The molecule has 0 saturated carbocycles. The summed E-state index contributed by atoms with van der Waals surface area (Å²) in [6.07, 6.45) is 4.63. The highest BCUT2D eigenvalue weighted by Gasteiger charge is 2.15. The Morgan fingerprint density at radius 2 is 2.47 bits per heavy atom. The van der Waals surface area contributed by atoms with Crippen LogP contribution in [0.25, 0.3) is 0 Å². The molecule has 0 unspecified atom stereocenters. The van der Waals surface area contributed by atoms with Gasteiger partial charge < -0.3 is 10.1 Å². The number of hydrogen-bond acceptors (Lipinski definition) is 3. The quantitative estimate of drug-likeness (QED) is 0.821. The van der Waals surface area contributed by atoms with Gasteiger partial charge in [0.15, 0.2) is 0 Å². The van der Waals surface area contributed by atoms with E-state index in [-0.39, 0.29) is 6.10 Å². The molecule has 4 nitrogen and oxygen atoms in total. The van der Waals surface area contributed by atoms with E-state index in [2.05, 4.69) is 10.4 Å². The van der Waals surface area contributed by atoms with E-state index in [0.29, 0.717) is 6.04 Å². The maximum Gasteiger partial charge on any atom is 0.232 e. The zero-order valence-electron chi connectivity index (χ0n) is 9.44. The predicted molar refractivity (Wildman–Crippen MR) is 59.1 cm³/mol. The minimum Gasteiger partial charge on any atom is -0.474 e. The van der Waals surface area contributed by atoms with Crippen molar-refractivity contribution in [2.75, 3.05) is 13.1 Å². The van der Waals surface area contributed by atoms with Gasteiger partial charge >= 0.3 is 0 Å². The number of nitrogens with zero attached hydrogens (tertiary/aromatic N) is 2. The first-order valence-corrected chi connectivity index (χ1v) is 5.68. The van der Waals surface area contributed by atoms with E-state index in [4.69, 9.17) is 4.74 Å². The number of rotatable bonds is 3. The van der Waals surface area contributed by atoms with E-state index in [1.54, 1.807) is 0 Å². The van der Waals surface area contributed by atoms with E-state index in [9.17, 15) is 0 Å². The Morgan fingerprint density at radius 1 is 1.60 bits per heavy atom. The molecule has 1 N–H and O–H groups in total. The van der Waals surface area contributed by atoms with Crippen molar-refractivity contribution >= 4 is 0 Å². The van der Waals surface area contributed by atoms with Crippen molar-refractivity contribution < 1.29 is 4.74 Å². The molecule has 0 aromatic carbocycles. The van der Waals surface area contributed by atoms with Gasteiger partial charge in [0.2, 0.25) is 5.88 Å². The van der Waals surface area contributed by atoms with Crippen molar-refractivity contribution in [1.29, 1.82) is 0 Å². The molecule has 0 amide bonds. The van der Waals surface area contributed by atoms with Crippen LogP contribution in [0, 0.1) is 0 Å². The molecule has 1 atom stereocenters. The Kier molecular flexibility index (Phi) is 3.26. The molecule has 1 aromatic heterocycles. The van der Waals surface area contributed by atoms with Gasteiger partial charge in [-0.25, -0.2) is 0 Å². The standard InChI is InChI=1S/C11H19N3O/c1-9(2)15-11-5-7-14(13-11)10-4-3-6-12-8-10/h5,7,9-10,12H,3-4,6,8H2,1-2H3/t10-/m1/s1. The van der Waals surface area contributed by atoms with E-state index < -0.39 is 0 Å². The van der Waals surface area contributed by atoms with Crippen LogP contribution in [0.3, 0.4) is 0 Å². The lowest BCUT2D eigenvalue weighted by Gasteiger charge is -2.22. The lowest BCUT2D eigenvalue weighted by molar-refractivity contribution is 0.226. The maximum absolute atomic E-state index is 5.53. The molecule has 84 valence electrons. The Bertz CT molecular complexity index is 303. The molecule has 1 saturated heterocycles. The van der Waals surface area contributed by atoms with Gasteiger partial charge in [0, 0.05) is 18.8 Å². The van der Waals surface area contributed by atoms with Gasteiger partial charge in [0.1, 0.15) is 0 Å². The van der Waals surface area contributed by atoms with E-state index in [0.717, 1.165) is 19.0 Å². The van der Waals surface area contributed by atoms with Crippen LogP contribution in [0.1, 0.15) is 32.7 Å². The molecule has 1 aliphatic heterocycles. The van der Waals surface area contributed by atoms with Crippen molar-refractivity contribution in [2.24, 2.45) is 0 Å². The summed E-state index contributed by atoms with van der Waals surface area (Å²) < 4.78 is 7.55. The summed E-state index contributed by atoms with van der Waals surface area (Å²) >= 11 is 0. The third-order valence-electron chi connectivity index (χ3n) is 2.59. The molecule has 0 radical (unpaired) electrons. The van der Waals surface area contributed by atoms with Crippen molar-refractivity contribution in [1.82, 2.24) is 15.1 Å². The van der Waals surface area contributed by atoms with Crippen molar-refractivity contribution in [2.45, 2.75) is 38.8 Å². The lowest BCUT2D eigenvalue weighted by atomic mass is 10.1. The second kappa shape index (κ2) is 4.66. The average Bonchev–Trinajstić information content (AvgIpc) is 2.67. The molecule has 1 aromatic rings. The molecular formula is C11H19N3O. The van der Waals surface area contributed by atoms with Gasteiger partial charge in [0.05, 0.1) is 12.1 Å². The first-order chi connectivity index (χ1) is 7.25. The van der Waals surface area contributed by atoms with Crippen LogP contribution >= 0.6 is 0 Å². The molecule has 15 heavy (non-hydrogen) atoms. The summed E-state index contributed by atoms with van der Waals surface area (Å²) in [5.74, 6) is 0.732. The second-order valence-corrected chi connectivity index (χ2v) is 4.30. The summed E-state index contributed by atoms with van der Waals surface area (Å²) in [6, 6.07) is 2.43. The average molecular weight is 209 g/mol. The Hall–Kier alpha value is -1.03. The molecule has 4 heteroatoms. The number of hydrogen-bond donors (Lipinski definition) is 1. The molecule has 2 rings (SSSR count). The fourth-order valence-electron chi connectivity index (χ4n) is 1.89. The second-order valence-electron chi connectivity index (χ2n) is 4.30. The highest BCUT2D eigenvalue weighted by Crippen LogP contribution is 2.18. The largest absolute Gasteiger partial charge is 0.474 e. The predicted octanol–water partition coefficient (Wildman–Crippen LogP) is 1.59. The van der Waals surface area contributed by atoms with Gasteiger partial charge in [-0.05, 0) is 33.2 Å². The molecule has 2 heterocycles. The summed E-state index contributed by atoms with van der Waals surface area (Å²) in [6.45, 7) is 6.18. The fourth-order valence-corrected chi connectivity index (χ4v) is 1.89. The first-order valence-electron chi connectivity index (χ1n) is 5.68. The zero-order chi connectivity index (χ0) is 10.7. The summed E-state index contributed by atoms with van der Waals surface area (Å²) in [5.41, 5.74) is 0. The van der Waals surface area contributed by atoms with E-state index >= 15 is 0 Å². The van der Waals surface area contributed by atoms with Crippen LogP contribution in [0.4, 0.5) is 0 Å². The summed E-state index contributed by atoms with van der Waals surface area (Å²) in [5, 5.41) is 7.81. The number of ether oxygens (including phenoxy) is 1. The van der Waals surface area contributed by atoms with Crippen LogP contribution in [0.2, 0.25) is 0 Å². The maximum atomic E-state index is 5.53. The van der Waals surface area contributed by atoms with Crippen molar-refractivity contribution in [3.8, 4) is 5.88 Å². The van der Waals surface area contributed by atoms with E-state index in [1.807, 2.05) is 30.8 Å².